The van der Waals surface area contributed by atoms with Crippen molar-refractivity contribution in [2.75, 3.05) is 11.2 Å². The highest BCUT2D eigenvalue weighted by atomic mass is 32.2. The highest BCUT2D eigenvalue weighted by Crippen LogP contribution is 2.23. The van der Waals surface area contributed by atoms with Crippen LogP contribution in [0.1, 0.15) is 29.8 Å². The molecule has 0 unspecified atom stereocenters. The molecule has 6 heteroatoms. The van der Waals surface area contributed by atoms with E-state index in [1.807, 2.05) is 56.3 Å². The molecule has 3 aromatic rings. The van der Waals surface area contributed by atoms with Gasteiger partial charge in [-0.2, -0.15) is 0 Å². The van der Waals surface area contributed by atoms with Gasteiger partial charge in [-0.25, -0.2) is 8.42 Å². The molecular formula is C24H25NO4S. The van der Waals surface area contributed by atoms with Crippen molar-refractivity contribution >= 4 is 21.4 Å². The summed E-state index contributed by atoms with van der Waals surface area (Å²) in [4.78, 5) is 15.0. The molecule has 0 atom stereocenters. The monoisotopic (exact) mass is 423 g/mol. The number of ether oxygens (including phenoxy) is 1. The van der Waals surface area contributed by atoms with Gasteiger partial charge in [-0.1, -0.05) is 30.3 Å². The van der Waals surface area contributed by atoms with Gasteiger partial charge in [-0.05, 0) is 67.9 Å². The first-order valence-corrected chi connectivity index (χ1v) is 11.6. The van der Waals surface area contributed by atoms with Crippen LogP contribution in [0.4, 0.5) is 5.69 Å². The third kappa shape index (κ3) is 5.27. The Bertz CT molecular complexity index is 1090. The van der Waals surface area contributed by atoms with Crippen molar-refractivity contribution in [2.45, 2.75) is 31.4 Å². The summed E-state index contributed by atoms with van der Waals surface area (Å²) in [7, 11) is -3.28. The van der Waals surface area contributed by atoms with Gasteiger partial charge in [0.2, 0.25) is 0 Å². The van der Waals surface area contributed by atoms with Crippen molar-refractivity contribution in [3.8, 4) is 5.75 Å². The summed E-state index contributed by atoms with van der Waals surface area (Å²) in [5, 5.41) is 0. The number of hydrogen-bond donors (Lipinski definition) is 0. The molecule has 5 nitrogen and oxygen atoms in total. The number of benzene rings is 3. The Hall–Kier alpha value is -3.12. The Labute approximate surface area is 177 Å². The maximum atomic E-state index is 13.1. The highest BCUT2D eigenvalue weighted by molar-refractivity contribution is 7.90. The molecule has 3 rings (SSSR count). The van der Waals surface area contributed by atoms with E-state index < -0.39 is 9.84 Å². The van der Waals surface area contributed by atoms with Crippen LogP contribution < -0.4 is 9.64 Å². The summed E-state index contributed by atoms with van der Waals surface area (Å²) < 4.78 is 29.1. The van der Waals surface area contributed by atoms with E-state index in [9.17, 15) is 13.2 Å². The summed E-state index contributed by atoms with van der Waals surface area (Å²) in [5.74, 6) is 0.647. The first kappa shape index (κ1) is 21.6. The minimum atomic E-state index is -3.28. The van der Waals surface area contributed by atoms with Crippen molar-refractivity contribution in [3.63, 3.8) is 0 Å². The Morgan fingerprint density at radius 2 is 1.50 bits per heavy atom. The zero-order valence-corrected chi connectivity index (χ0v) is 18.1. The van der Waals surface area contributed by atoms with Crippen LogP contribution in [-0.4, -0.2) is 26.6 Å². The SMILES string of the molecule is CC(C)N(C(=O)c1ccc(COc2ccccc2)cc1)c1ccc(S(C)(=O)=O)cc1. The van der Waals surface area contributed by atoms with E-state index in [0.717, 1.165) is 17.6 Å². The minimum Gasteiger partial charge on any atom is -0.489 e. The van der Waals surface area contributed by atoms with Crippen molar-refractivity contribution in [2.24, 2.45) is 0 Å². The Morgan fingerprint density at radius 1 is 0.900 bits per heavy atom. The van der Waals surface area contributed by atoms with Gasteiger partial charge in [0.05, 0.1) is 4.90 Å². The van der Waals surface area contributed by atoms with Crippen LogP contribution in [0.3, 0.4) is 0 Å². The van der Waals surface area contributed by atoms with Crippen LogP contribution in [-0.2, 0) is 16.4 Å². The number of para-hydroxylation sites is 1. The second-order valence-corrected chi connectivity index (χ2v) is 9.35. The van der Waals surface area contributed by atoms with Crippen LogP contribution >= 0.6 is 0 Å². The predicted molar refractivity (Wildman–Crippen MR) is 119 cm³/mol. The smallest absolute Gasteiger partial charge is 0.258 e. The second kappa shape index (κ2) is 9.13. The minimum absolute atomic E-state index is 0.0947. The number of nitrogens with zero attached hydrogens (tertiary/aromatic N) is 1. The molecule has 0 bridgehead atoms. The third-order valence-corrected chi connectivity index (χ3v) is 5.76. The molecule has 1 amide bonds. The molecule has 0 aliphatic heterocycles. The lowest BCUT2D eigenvalue weighted by atomic mass is 10.1. The quantitative estimate of drug-likeness (QED) is 0.551. The van der Waals surface area contributed by atoms with Gasteiger partial charge in [0, 0.05) is 23.5 Å². The molecule has 0 fully saturated rings. The largest absolute Gasteiger partial charge is 0.489 e. The van der Waals surface area contributed by atoms with Crippen LogP contribution in [0.15, 0.2) is 83.8 Å². The first-order chi connectivity index (χ1) is 14.3. The maximum absolute atomic E-state index is 13.1. The predicted octanol–water partition coefficient (Wildman–Crippen LogP) is 4.72. The topological polar surface area (TPSA) is 63.7 Å². The van der Waals surface area contributed by atoms with Crippen LogP contribution in [0.5, 0.6) is 5.75 Å². The average molecular weight is 424 g/mol. The molecule has 30 heavy (non-hydrogen) atoms. The Kier molecular flexibility index (Phi) is 6.57. The molecule has 0 N–H and O–H groups in total. The zero-order chi connectivity index (χ0) is 21.7. The molecule has 3 aromatic carbocycles. The van der Waals surface area contributed by atoms with Gasteiger partial charge >= 0.3 is 0 Å². The zero-order valence-electron chi connectivity index (χ0n) is 17.3. The molecular weight excluding hydrogens is 398 g/mol. The van der Waals surface area contributed by atoms with Crippen LogP contribution in [0.25, 0.3) is 0 Å². The van der Waals surface area contributed by atoms with E-state index in [1.54, 1.807) is 29.2 Å². The number of carbonyl (C=O) groups excluding carboxylic acids is 1. The molecule has 0 aliphatic carbocycles. The molecule has 0 spiro atoms. The summed E-state index contributed by atoms with van der Waals surface area (Å²) in [6.07, 6.45) is 1.16. The van der Waals surface area contributed by atoms with Crippen molar-refractivity contribution in [1.82, 2.24) is 0 Å². The van der Waals surface area contributed by atoms with Crippen molar-refractivity contribution < 1.29 is 17.9 Å². The van der Waals surface area contributed by atoms with E-state index in [0.29, 0.717) is 17.9 Å². The van der Waals surface area contributed by atoms with Gasteiger partial charge in [-0.15, -0.1) is 0 Å². The van der Waals surface area contributed by atoms with Gasteiger partial charge < -0.3 is 9.64 Å². The highest BCUT2D eigenvalue weighted by Gasteiger charge is 2.21. The van der Waals surface area contributed by atoms with Crippen LogP contribution in [0.2, 0.25) is 0 Å². The molecule has 0 saturated heterocycles. The van der Waals surface area contributed by atoms with Crippen molar-refractivity contribution in [1.29, 1.82) is 0 Å². The lowest BCUT2D eigenvalue weighted by Crippen LogP contribution is -2.37. The summed E-state index contributed by atoms with van der Waals surface area (Å²) >= 11 is 0. The molecule has 0 aromatic heterocycles. The number of sulfone groups is 1. The summed E-state index contributed by atoms with van der Waals surface area (Å²) in [6, 6.07) is 23.2. The first-order valence-electron chi connectivity index (χ1n) is 9.66. The van der Waals surface area contributed by atoms with Gasteiger partial charge in [0.15, 0.2) is 9.84 Å². The molecule has 0 heterocycles. The Balaban J connectivity index is 1.75. The molecule has 0 saturated carbocycles. The fraction of sp³-hybridized carbons (Fsp3) is 0.208. The van der Waals surface area contributed by atoms with E-state index in [1.165, 1.54) is 12.1 Å². The lowest BCUT2D eigenvalue weighted by molar-refractivity contribution is 0.0980. The van der Waals surface area contributed by atoms with E-state index in [-0.39, 0.29) is 16.8 Å². The third-order valence-electron chi connectivity index (χ3n) is 4.63. The maximum Gasteiger partial charge on any atom is 0.258 e. The number of anilines is 1. The van der Waals surface area contributed by atoms with Gasteiger partial charge in [-0.3, -0.25) is 4.79 Å². The fourth-order valence-corrected chi connectivity index (χ4v) is 3.70. The second-order valence-electron chi connectivity index (χ2n) is 7.33. The molecule has 0 radical (unpaired) electrons. The van der Waals surface area contributed by atoms with Gasteiger partial charge in [0.1, 0.15) is 12.4 Å². The number of carbonyl (C=O) groups is 1. The Morgan fingerprint density at radius 3 is 2.03 bits per heavy atom. The average Bonchev–Trinajstić information content (AvgIpc) is 2.73. The van der Waals surface area contributed by atoms with E-state index in [2.05, 4.69) is 0 Å². The van der Waals surface area contributed by atoms with Crippen molar-refractivity contribution in [3.05, 3.63) is 90.0 Å². The summed E-state index contributed by atoms with van der Waals surface area (Å²) in [5.41, 5.74) is 2.17. The number of hydrogen-bond acceptors (Lipinski definition) is 4. The normalized spacial score (nSPS) is 11.3. The fourth-order valence-electron chi connectivity index (χ4n) is 3.07. The van der Waals surface area contributed by atoms with Crippen LogP contribution in [0, 0.1) is 0 Å². The van der Waals surface area contributed by atoms with Gasteiger partial charge in [0.25, 0.3) is 5.91 Å². The molecule has 0 aliphatic rings. The van der Waals surface area contributed by atoms with E-state index >= 15 is 0 Å². The lowest BCUT2D eigenvalue weighted by Gasteiger charge is -2.27. The van der Waals surface area contributed by atoms with E-state index in [4.69, 9.17) is 4.74 Å². The number of rotatable bonds is 7. The molecule has 156 valence electrons. The number of amides is 1. The summed E-state index contributed by atoms with van der Waals surface area (Å²) in [6.45, 7) is 4.26. The standard InChI is InChI=1S/C24H25NO4S/c1-18(2)25(21-13-15-23(16-14-21)30(3,27)28)24(26)20-11-9-19(10-12-20)17-29-22-7-5-4-6-8-22/h4-16,18H,17H2,1-3H3.